The molecular formula is C10H15NO3S. The number of aliphatic hydroxyl groups excluding tert-OH is 1. The first-order chi connectivity index (χ1) is 7.27. The lowest BCUT2D eigenvalue weighted by Gasteiger charge is -2.15. The highest BCUT2D eigenvalue weighted by atomic mass is 32.2. The van der Waals surface area contributed by atoms with Crippen molar-refractivity contribution < 1.29 is 14.3 Å². The van der Waals surface area contributed by atoms with Gasteiger partial charge in [-0.3, -0.25) is 4.79 Å². The van der Waals surface area contributed by atoms with Gasteiger partial charge in [0.15, 0.2) is 5.76 Å². The third-order valence-electron chi connectivity index (χ3n) is 1.93. The van der Waals surface area contributed by atoms with Crippen molar-refractivity contribution in [1.82, 2.24) is 5.32 Å². The quantitative estimate of drug-likeness (QED) is 0.767. The maximum atomic E-state index is 11.6. The predicted molar refractivity (Wildman–Crippen MR) is 60.0 cm³/mol. The molecule has 1 aromatic rings. The summed E-state index contributed by atoms with van der Waals surface area (Å²) < 4.78 is 4.97. The molecule has 0 fully saturated rings. The number of hydrogen-bond donors (Lipinski definition) is 2. The van der Waals surface area contributed by atoms with Gasteiger partial charge >= 0.3 is 0 Å². The van der Waals surface area contributed by atoms with Crippen LogP contribution in [0.25, 0.3) is 0 Å². The molecule has 1 unspecified atom stereocenters. The average Bonchev–Trinajstić information content (AvgIpc) is 2.71. The van der Waals surface area contributed by atoms with Gasteiger partial charge in [-0.2, -0.15) is 11.8 Å². The summed E-state index contributed by atoms with van der Waals surface area (Å²) in [6.07, 6.45) is 3.99. The van der Waals surface area contributed by atoms with E-state index < -0.39 is 0 Å². The third-order valence-corrected chi connectivity index (χ3v) is 2.66. The van der Waals surface area contributed by atoms with E-state index in [1.165, 1.54) is 6.26 Å². The number of thioether (sulfide) groups is 1. The molecule has 0 saturated carbocycles. The van der Waals surface area contributed by atoms with Crippen molar-refractivity contribution in [3.63, 3.8) is 0 Å². The van der Waals surface area contributed by atoms with E-state index >= 15 is 0 Å². The van der Waals surface area contributed by atoms with Gasteiger partial charge in [-0.15, -0.1) is 0 Å². The highest BCUT2D eigenvalue weighted by Crippen LogP contribution is 2.04. The monoisotopic (exact) mass is 229 g/mol. The summed E-state index contributed by atoms with van der Waals surface area (Å²) >= 11 is 1.63. The lowest BCUT2D eigenvalue weighted by molar-refractivity contribution is 0.0907. The molecular weight excluding hydrogens is 214 g/mol. The molecule has 1 aromatic heterocycles. The standard InChI is InChI=1S/C10H15NO3S/c1-15-7-8(4-5-12)11-10(13)9-3-2-6-14-9/h2-3,6,8,12H,4-5,7H2,1H3,(H,11,13). The van der Waals surface area contributed by atoms with Gasteiger partial charge in [0.1, 0.15) is 0 Å². The highest BCUT2D eigenvalue weighted by molar-refractivity contribution is 7.98. The molecule has 0 radical (unpaired) electrons. The zero-order valence-corrected chi connectivity index (χ0v) is 9.42. The van der Waals surface area contributed by atoms with Gasteiger partial charge in [-0.05, 0) is 24.8 Å². The van der Waals surface area contributed by atoms with Gasteiger partial charge in [0.25, 0.3) is 5.91 Å². The van der Waals surface area contributed by atoms with Crippen molar-refractivity contribution in [1.29, 1.82) is 0 Å². The number of carbonyl (C=O) groups is 1. The first-order valence-electron chi connectivity index (χ1n) is 4.72. The summed E-state index contributed by atoms with van der Waals surface area (Å²) in [6, 6.07) is 3.28. The van der Waals surface area contributed by atoms with Crippen molar-refractivity contribution in [2.24, 2.45) is 0 Å². The van der Waals surface area contributed by atoms with E-state index in [1.54, 1.807) is 23.9 Å². The Morgan fingerprint density at radius 3 is 3.07 bits per heavy atom. The zero-order valence-electron chi connectivity index (χ0n) is 8.60. The minimum absolute atomic E-state index is 0.0115. The number of hydrogen-bond acceptors (Lipinski definition) is 4. The predicted octanol–water partition coefficient (Wildman–Crippen LogP) is 1.12. The molecule has 4 nitrogen and oxygen atoms in total. The number of aliphatic hydroxyl groups is 1. The van der Waals surface area contributed by atoms with Gasteiger partial charge < -0.3 is 14.8 Å². The summed E-state index contributed by atoms with van der Waals surface area (Å²) in [5, 5.41) is 11.6. The zero-order chi connectivity index (χ0) is 11.1. The fraction of sp³-hybridized carbons (Fsp3) is 0.500. The van der Waals surface area contributed by atoms with E-state index in [0.717, 1.165) is 5.75 Å². The van der Waals surface area contributed by atoms with Crippen LogP contribution < -0.4 is 5.32 Å². The van der Waals surface area contributed by atoms with Crippen LogP contribution >= 0.6 is 11.8 Å². The molecule has 2 N–H and O–H groups in total. The SMILES string of the molecule is CSCC(CCO)NC(=O)c1ccco1. The molecule has 0 bridgehead atoms. The van der Waals surface area contributed by atoms with Gasteiger partial charge in [0.05, 0.1) is 6.26 Å². The van der Waals surface area contributed by atoms with E-state index in [1.807, 2.05) is 6.26 Å². The van der Waals surface area contributed by atoms with Crippen molar-refractivity contribution in [2.45, 2.75) is 12.5 Å². The Labute approximate surface area is 93.0 Å². The summed E-state index contributed by atoms with van der Waals surface area (Å²) in [7, 11) is 0. The molecule has 1 heterocycles. The van der Waals surface area contributed by atoms with Crippen LogP contribution in [0.3, 0.4) is 0 Å². The summed E-state index contributed by atoms with van der Waals surface area (Å²) in [4.78, 5) is 11.6. The van der Waals surface area contributed by atoms with Crippen molar-refractivity contribution >= 4 is 17.7 Å². The Balaban J connectivity index is 2.47. The van der Waals surface area contributed by atoms with E-state index in [2.05, 4.69) is 5.32 Å². The number of rotatable bonds is 6. The summed E-state index contributed by atoms with van der Waals surface area (Å²) in [5.74, 6) is 0.860. The minimum atomic E-state index is -0.229. The number of amides is 1. The Bertz CT molecular complexity index is 281. The molecule has 1 atom stereocenters. The normalized spacial score (nSPS) is 12.4. The molecule has 1 amide bonds. The maximum absolute atomic E-state index is 11.6. The second kappa shape index (κ2) is 6.53. The molecule has 5 heteroatoms. The largest absolute Gasteiger partial charge is 0.459 e. The van der Waals surface area contributed by atoms with Crippen LogP contribution in [-0.2, 0) is 0 Å². The molecule has 0 aliphatic rings. The highest BCUT2D eigenvalue weighted by Gasteiger charge is 2.14. The number of furan rings is 1. The van der Waals surface area contributed by atoms with Crippen LogP contribution in [0.4, 0.5) is 0 Å². The lowest BCUT2D eigenvalue weighted by atomic mass is 10.2. The van der Waals surface area contributed by atoms with Crippen LogP contribution in [0.1, 0.15) is 17.0 Å². The van der Waals surface area contributed by atoms with Gasteiger partial charge in [-0.1, -0.05) is 0 Å². The number of carbonyl (C=O) groups excluding carboxylic acids is 1. The first kappa shape index (κ1) is 12.1. The van der Waals surface area contributed by atoms with Crippen LogP contribution in [0.2, 0.25) is 0 Å². The van der Waals surface area contributed by atoms with Crippen molar-refractivity contribution in [3.05, 3.63) is 24.2 Å². The average molecular weight is 229 g/mol. The molecule has 0 aliphatic heterocycles. The van der Waals surface area contributed by atoms with E-state index in [-0.39, 0.29) is 18.6 Å². The van der Waals surface area contributed by atoms with Crippen LogP contribution in [0, 0.1) is 0 Å². The molecule has 1 rings (SSSR count). The Hall–Kier alpha value is -0.940. The molecule has 0 saturated heterocycles. The second-order valence-corrected chi connectivity index (χ2v) is 4.03. The minimum Gasteiger partial charge on any atom is -0.459 e. The van der Waals surface area contributed by atoms with Gasteiger partial charge in [0.2, 0.25) is 0 Å². The van der Waals surface area contributed by atoms with E-state index in [9.17, 15) is 4.79 Å². The first-order valence-corrected chi connectivity index (χ1v) is 6.11. The summed E-state index contributed by atoms with van der Waals surface area (Å²) in [5.41, 5.74) is 0. The Morgan fingerprint density at radius 1 is 1.73 bits per heavy atom. The fourth-order valence-electron chi connectivity index (χ4n) is 1.22. The van der Waals surface area contributed by atoms with Crippen molar-refractivity contribution in [3.8, 4) is 0 Å². The second-order valence-electron chi connectivity index (χ2n) is 3.12. The van der Waals surface area contributed by atoms with E-state index in [4.69, 9.17) is 9.52 Å². The lowest BCUT2D eigenvalue weighted by Crippen LogP contribution is -2.37. The van der Waals surface area contributed by atoms with Crippen LogP contribution in [-0.4, -0.2) is 35.7 Å². The Morgan fingerprint density at radius 2 is 2.53 bits per heavy atom. The van der Waals surface area contributed by atoms with E-state index in [0.29, 0.717) is 12.2 Å². The summed E-state index contributed by atoms with van der Waals surface area (Å²) in [6.45, 7) is 0.0731. The molecule has 0 aliphatic carbocycles. The van der Waals surface area contributed by atoms with Crippen LogP contribution in [0.5, 0.6) is 0 Å². The maximum Gasteiger partial charge on any atom is 0.287 e. The van der Waals surface area contributed by atoms with Crippen molar-refractivity contribution in [2.75, 3.05) is 18.6 Å². The number of nitrogens with one attached hydrogen (secondary N) is 1. The molecule has 0 spiro atoms. The van der Waals surface area contributed by atoms with Crippen LogP contribution in [0.15, 0.2) is 22.8 Å². The Kier molecular flexibility index (Phi) is 5.28. The van der Waals surface area contributed by atoms with Gasteiger partial charge in [-0.25, -0.2) is 0 Å². The topological polar surface area (TPSA) is 62.5 Å². The molecule has 84 valence electrons. The third kappa shape index (κ3) is 3.97. The molecule has 15 heavy (non-hydrogen) atoms. The fourth-order valence-corrected chi connectivity index (χ4v) is 1.87. The smallest absolute Gasteiger partial charge is 0.287 e. The van der Waals surface area contributed by atoms with Gasteiger partial charge in [0, 0.05) is 18.4 Å². The molecule has 0 aromatic carbocycles.